The van der Waals surface area contributed by atoms with Crippen molar-refractivity contribution in [3.8, 4) is 0 Å². The number of hydrogen-bond acceptors (Lipinski definition) is 0. The molecule has 0 bridgehead atoms. The van der Waals surface area contributed by atoms with Gasteiger partial charge < -0.3 is 0 Å². The second-order valence-electron chi connectivity index (χ2n) is 10.8. The summed E-state index contributed by atoms with van der Waals surface area (Å²) in [6.07, 6.45) is 22.1. The van der Waals surface area contributed by atoms with Crippen LogP contribution in [0.5, 0.6) is 0 Å². The van der Waals surface area contributed by atoms with Crippen molar-refractivity contribution in [2.24, 2.45) is 22.7 Å². The van der Waals surface area contributed by atoms with E-state index in [1.54, 1.807) is 6.42 Å². The van der Waals surface area contributed by atoms with Gasteiger partial charge in [0.2, 0.25) is 0 Å². The van der Waals surface area contributed by atoms with Crippen molar-refractivity contribution in [2.45, 2.75) is 138 Å². The van der Waals surface area contributed by atoms with E-state index in [0.29, 0.717) is 10.8 Å². The molecule has 1 fully saturated rings. The van der Waals surface area contributed by atoms with Crippen LogP contribution in [-0.2, 0) is 0 Å². The van der Waals surface area contributed by atoms with Gasteiger partial charge >= 0.3 is 0 Å². The van der Waals surface area contributed by atoms with Crippen molar-refractivity contribution in [1.29, 1.82) is 0 Å². The van der Waals surface area contributed by atoms with E-state index >= 15 is 0 Å². The topological polar surface area (TPSA) is 0 Å². The fourth-order valence-corrected chi connectivity index (χ4v) is 4.08. The van der Waals surface area contributed by atoms with Crippen LogP contribution in [0.2, 0.25) is 0 Å². The summed E-state index contributed by atoms with van der Waals surface area (Å²) in [6, 6.07) is 0. The molecule has 0 amide bonds. The quantitative estimate of drug-likeness (QED) is 0.258. The highest BCUT2D eigenvalue weighted by atomic mass is 14.4. The summed E-state index contributed by atoms with van der Waals surface area (Å²) < 4.78 is 0. The van der Waals surface area contributed by atoms with Gasteiger partial charge in [0.15, 0.2) is 0 Å². The van der Waals surface area contributed by atoms with E-state index in [0.717, 1.165) is 11.8 Å². The molecule has 2 atom stereocenters. The van der Waals surface area contributed by atoms with Crippen molar-refractivity contribution < 1.29 is 0 Å². The second kappa shape index (κ2) is 11.7. The summed E-state index contributed by atoms with van der Waals surface area (Å²) in [7, 11) is 0. The number of unbranched alkanes of at least 4 members (excludes halogenated alkanes) is 9. The average Bonchev–Trinajstić information content (AvgIpc) is 3.27. The molecule has 1 aliphatic carbocycles. The zero-order valence-corrected chi connectivity index (χ0v) is 18.8. The Kier molecular flexibility index (Phi) is 10.7. The maximum absolute atomic E-state index is 2.45. The van der Waals surface area contributed by atoms with E-state index in [9.17, 15) is 0 Å². The fraction of sp³-hybridized carbons (Fsp3) is 1.00. The monoisotopic (exact) mass is 350 g/mol. The molecule has 0 aliphatic heterocycles. The Labute approximate surface area is 160 Å². The lowest BCUT2D eigenvalue weighted by molar-refractivity contribution is 0.115. The molecule has 0 heterocycles. The standard InChI is InChI=1S/C25H50/c1-7-8-9-10-11-12-13-15-18-22-21-23(22)19-16-14-17-20-25(5,6)24(2,3)4/h22-23H,7-21H2,1-6H3. The van der Waals surface area contributed by atoms with Gasteiger partial charge in [-0.2, -0.15) is 0 Å². The van der Waals surface area contributed by atoms with Crippen LogP contribution in [-0.4, -0.2) is 0 Å². The van der Waals surface area contributed by atoms with Gasteiger partial charge in [0.25, 0.3) is 0 Å². The highest BCUT2D eigenvalue weighted by Crippen LogP contribution is 2.46. The first-order valence-corrected chi connectivity index (χ1v) is 11.8. The number of hydrogen-bond donors (Lipinski definition) is 0. The van der Waals surface area contributed by atoms with Gasteiger partial charge in [0.05, 0.1) is 0 Å². The predicted octanol–water partition coefficient (Wildman–Crippen LogP) is 9.18. The Morgan fingerprint density at radius 2 is 1.04 bits per heavy atom. The third kappa shape index (κ3) is 10.0. The molecule has 0 saturated heterocycles. The molecule has 1 rings (SSSR count). The zero-order valence-electron chi connectivity index (χ0n) is 18.8. The molecule has 0 radical (unpaired) electrons. The molecule has 0 spiro atoms. The van der Waals surface area contributed by atoms with Crippen LogP contribution in [0.1, 0.15) is 138 Å². The highest BCUT2D eigenvalue weighted by molar-refractivity contribution is 4.86. The molecular formula is C25H50. The van der Waals surface area contributed by atoms with E-state index in [1.165, 1.54) is 89.9 Å². The normalized spacial score (nSPS) is 20.9. The Bertz CT molecular complexity index is 319. The van der Waals surface area contributed by atoms with Crippen molar-refractivity contribution in [3.63, 3.8) is 0 Å². The molecule has 2 unspecified atom stereocenters. The van der Waals surface area contributed by atoms with Crippen LogP contribution in [0, 0.1) is 22.7 Å². The van der Waals surface area contributed by atoms with Crippen molar-refractivity contribution in [3.05, 3.63) is 0 Å². The lowest BCUT2D eigenvalue weighted by Crippen LogP contribution is -2.29. The maximum Gasteiger partial charge on any atom is -0.0306 e. The summed E-state index contributed by atoms with van der Waals surface area (Å²) in [6.45, 7) is 14.4. The zero-order chi connectivity index (χ0) is 18.8. The lowest BCUT2D eigenvalue weighted by atomic mass is 9.67. The van der Waals surface area contributed by atoms with Crippen molar-refractivity contribution in [1.82, 2.24) is 0 Å². The highest BCUT2D eigenvalue weighted by Gasteiger charge is 2.35. The Morgan fingerprint density at radius 1 is 0.600 bits per heavy atom. The first-order valence-electron chi connectivity index (χ1n) is 11.8. The van der Waals surface area contributed by atoms with Crippen LogP contribution in [0.3, 0.4) is 0 Å². The SMILES string of the molecule is CCCCCCCCCCC1CC1CCCCCC(C)(C)C(C)(C)C. The Hall–Kier alpha value is 0. The largest absolute Gasteiger partial charge is 0.0654 e. The minimum Gasteiger partial charge on any atom is -0.0654 e. The summed E-state index contributed by atoms with van der Waals surface area (Å²) in [5, 5.41) is 0. The minimum atomic E-state index is 0.435. The molecule has 1 aliphatic rings. The molecule has 0 aromatic carbocycles. The van der Waals surface area contributed by atoms with Gasteiger partial charge in [-0.05, 0) is 35.5 Å². The molecule has 150 valence electrons. The first kappa shape index (κ1) is 23.0. The molecule has 1 saturated carbocycles. The van der Waals surface area contributed by atoms with E-state index in [2.05, 4.69) is 41.5 Å². The molecule has 0 nitrogen and oxygen atoms in total. The minimum absolute atomic E-state index is 0.435. The van der Waals surface area contributed by atoms with E-state index < -0.39 is 0 Å². The van der Waals surface area contributed by atoms with Gasteiger partial charge in [-0.15, -0.1) is 0 Å². The van der Waals surface area contributed by atoms with Gasteiger partial charge in [0.1, 0.15) is 0 Å². The Balaban J connectivity index is 1.89. The predicted molar refractivity (Wildman–Crippen MR) is 115 cm³/mol. The lowest BCUT2D eigenvalue weighted by Gasteiger charge is -2.39. The van der Waals surface area contributed by atoms with Gasteiger partial charge in [-0.1, -0.05) is 125 Å². The average molecular weight is 351 g/mol. The first-order chi connectivity index (χ1) is 11.8. The third-order valence-corrected chi connectivity index (χ3v) is 7.40. The smallest absolute Gasteiger partial charge is 0.0306 e. The third-order valence-electron chi connectivity index (χ3n) is 7.40. The molecule has 0 heteroatoms. The summed E-state index contributed by atoms with van der Waals surface area (Å²) in [5.74, 6) is 2.23. The maximum atomic E-state index is 2.45. The van der Waals surface area contributed by atoms with E-state index in [-0.39, 0.29) is 0 Å². The van der Waals surface area contributed by atoms with Crippen LogP contribution >= 0.6 is 0 Å². The summed E-state index contributed by atoms with van der Waals surface area (Å²) in [4.78, 5) is 0. The Morgan fingerprint density at radius 3 is 1.52 bits per heavy atom. The summed E-state index contributed by atoms with van der Waals surface area (Å²) in [5.41, 5.74) is 0.913. The molecule has 0 aromatic rings. The molecular weight excluding hydrogens is 300 g/mol. The van der Waals surface area contributed by atoms with Crippen LogP contribution in [0.15, 0.2) is 0 Å². The van der Waals surface area contributed by atoms with E-state index in [1.807, 2.05) is 0 Å². The number of rotatable bonds is 15. The molecule has 0 N–H and O–H groups in total. The van der Waals surface area contributed by atoms with E-state index in [4.69, 9.17) is 0 Å². The van der Waals surface area contributed by atoms with Crippen LogP contribution in [0.4, 0.5) is 0 Å². The second-order valence-corrected chi connectivity index (χ2v) is 10.8. The van der Waals surface area contributed by atoms with Gasteiger partial charge in [0, 0.05) is 0 Å². The van der Waals surface area contributed by atoms with Gasteiger partial charge in [-0.25, -0.2) is 0 Å². The molecule has 0 aromatic heterocycles. The van der Waals surface area contributed by atoms with Gasteiger partial charge in [-0.3, -0.25) is 0 Å². The van der Waals surface area contributed by atoms with Crippen LogP contribution in [0.25, 0.3) is 0 Å². The summed E-state index contributed by atoms with van der Waals surface area (Å²) >= 11 is 0. The fourth-order valence-electron chi connectivity index (χ4n) is 4.08. The van der Waals surface area contributed by atoms with Crippen LogP contribution < -0.4 is 0 Å². The molecule has 25 heavy (non-hydrogen) atoms. The van der Waals surface area contributed by atoms with Crippen molar-refractivity contribution in [2.75, 3.05) is 0 Å². The van der Waals surface area contributed by atoms with Crippen molar-refractivity contribution >= 4 is 0 Å².